The van der Waals surface area contributed by atoms with Gasteiger partial charge < -0.3 is 4.42 Å². The average Bonchev–Trinajstić information content (AvgIpc) is 2.73. The summed E-state index contributed by atoms with van der Waals surface area (Å²) in [5.41, 5.74) is 3.46. The highest BCUT2D eigenvalue weighted by Crippen LogP contribution is 2.28. The average molecular weight is 475 g/mol. The molecule has 0 aliphatic carbocycles. The minimum Gasteiger partial charge on any atom is -0.423 e. The molecular weight excluding hydrogens is 448 g/mol. The number of halogens is 1. The third kappa shape index (κ3) is 4.62. The third-order valence-corrected chi connectivity index (χ3v) is 8.13. The number of rotatable bonds is 5. The van der Waals surface area contributed by atoms with Crippen molar-refractivity contribution in [3.05, 3.63) is 74.6 Å². The molecule has 0 saturated carbocycles. The molecule has 32 heavy (non-hydrogen) atoms. The molecule has 8 heteroatoms. The Bertz CT molecular complexity index is 1310. The summed E-state index contributed by atoms with van der Waals surface area (Å²) in [6.45, 7) is 8.79. The van der Waals surface area contributed by atoms with Gasteiger partial charge in [-0.1, -0.05) is 31.5 Å². The Kier molecular flexibility index (Phi) is 6.45. The molecule has 170 valence electrons. The molecular formula is C24H27ClN2O4S. The zero-order valence-corrected chi connectivity index (χ0v) is 20.0. The largest absolute Gasteiger partial charge is 0.423 e. The van der Waals surface area contributed by atoms with Crippen LogP contribution in [-0.2, 0) is 16.6 Å². The van der Waals surface area contributed by atoms with Crippen molar-refractivity contribution in [3.8, 4) is 0 Å². The maximum atomic E-state index is 13.0. The highest BCUT2D eigenvalue weighted by Gasteiger charge is 2.29. The maximum absolute atomic E-state index is 13.0. The van der Waals surface area contributed by atoms with Crippen molar-refractivity contribution in [1.82, 2.24) is 9.21 Å². The summed E-state index contributed by atoms with van der Waals surface area (Å²) in [6, 6.07) is 12.0. The van der Waals surface area contributed by atoms with Crippen LogP contribution in [-0.4, -0.2) is 43.8 Å². The standard InChI is InChI=1S/C24H27ClN2O4S/c1-16(2)21-14-22-18(12-24(28)31-23(22)11-17(21)3)15-26-7-9-27(10-8-26)32(29,30)20-6-4-5-19(25)13-20/h4-6,11-14,16H,7-10,15H2,1-3H3. The molecule has 3 aromatic rings. The first-order chi connectivity index (χ1) is 15.1. The first-order valence-corrected chi connectivity index (χ1v) is 12.5. The number of aryl methyl sites for hydroxylation is 1. The predicted molar refractivity (Wildman–Crippen MR) is 127 cm³/mol. The Morgan fingerprint density at radius 2 is 1.78 bits per heavy atom. The lowest BCUT2D eigenvalue weighted by Crippen LogP contribution is -2.48. The number of piperazine rings is 1. The molecule has 1 saturated heterocycles. The van der Waals surface area contributed by atoms with Crippen LogP contribution in [0.25, 0.3) is 11.0 Å². The van der Waals surface area contributed by atoms with Gasteiger partial charge in [-0.25, -0.2) is 13.2 Å². The molecule has 1 aromatic heterocycles. The van der Waals surface area contributed by atoms with E-state index in [1.165, 1.54) is 15.9 Å². The molecule has 0 amide bonds. The molecule has 0 atom stereocenters. The van der Waals surface area contributed by atoms with Crippen LogP contribution in [0.5, 0.6) is 0 Å². The molecule has 0 bridgehead atoms. The minimum atomic E-state index is -3.58. The van der Waals surface area contributed by atoms with Gasteiger partial charge in [0.05, 0.1) is 4.90 Å². The fraction of sp³-hybridized carbons (Fsp3) is 0.375. The first-order valence-electron chi connectivity index (χ1n) is 10.7. The molecule has 0 spiro atoms. The van der Waals surface area contributed by atoms with Crippen molar-refractivity contribution < 1.29 is 12.8 Å². The second-order valence-corrected chi connectivity index (χ2v) is 11.0. The van der Waals surface area contributed by atoms with E-state index in [4.69, 9.17) is 16.0 Å². The summed E-state index contributed by atoms with van der Waals surface area (Å²) in [6.07, 6.45) is 0. The van der Waals surface area contributed by atoms with E-state index in [-0.39, 0.29) is 10.5 Å². The molecule has 2 heterocycles. The van der Waals surface area contributed by atoms with Crippen molar-refractivity contribution >= 4 is 32.6 Å². The second kappa shape index (κ2) is 8.98. The van der Waals surface area contributed by atoms with Gasteiger partial charge in [-0.15, -0.1) is 0 Å². The van der Waals surface area contributed by atoms with Gasteiger partial charge in [0.2, 0.25) is 10.0 Å². The Labute approximate surface area is 193 Å². The van der Waals surface area contributed by atoms with E-state index in [1.54, 1.807) is 24.3 Å². The van der Waals surface area contributed by atoms with Crippen LogP contribution in [0.1, 0.15) is 36.5 Å². The molecule has 1 aliphatic rings. The highest BCUT2D eigenvalue weighted by molar-refractivity contribution is 7.89. The molecule has 0 unspecified atom stereocenters. The normalized spacial score (nSPS) is 16.2. The van der Waals surface area contributed by atoms with E-state index < -0.39 is 10.0 Å². The lowest BCUT2D eigenvalue weighted by molar-refractivity contribution is 0.182. The number of benzene rings is 2. The van der Waals surface area contributed by atoms with Gasteiger partial charge in [0.1, 0.15) is 5.58 Å². The number of fused-ring (bicyclic) bond motifs is 1. The Morgan fingerprint density at radius 1 is 1.06 bits per heavy atom. The van der Waals surface area contributed by atoms with E-state index in [0.29, 0.717) is 49.2 Å². The Balaban J connectivity index is 1.54. The summed E-state index contributed by atoms with van der Waals surface area (Å²) in [5, 5.41) is 1.34. The quantitative estimate of drug-likeness (QED) is 0.513. The van der Waals surface area contributed by atoms with Crippen molar-refractivity contribution in [2.24, 2.45) is 0 Å². The van der Waals surface area contributed by atoms with Gasteiger partial charge in [0.25, 0.3) is 0 Å². The number of sulfonamides is 1. The number of hydrogen-bond acceptors (Lipinski definition) is 5. The Morgan fingerprint density at radius 3 is 2.44 bits per heavy atom. The van der Waals surface area contributed by atoms with Gasteiger partial charge >= 0.3 is 5.63 Å². The monoisotopic (exact) mass is 474 g/mol. The first kappa shape index (κ1) is 23.0. The fourth-order valence-corrected chi connectivity index (χ4v) is 6.01. The van der Waals surface area contributed by atoms with Gasteiger partial charge in [-0.3, -0.25) is 4.90 Å². The lowest BCUT2D eigenvalue weighted by atomic mass is 9.95. The van der Waals surface area contributed by atoms with Crippen molar-refractivity contribution in [2.45, 2.75) is 38.1 Å². The zero-order chi connectivity index (χ0) is 23.0. The van der Waals surface area contributed by atoms with E-state index >= 15 is 0 Å². The smallest absolute Gasteiger partial charge is 0.336 e. The van der Waals surface area contributed by atoms with E-state index in [1.807, 2.05) is 13.0 Å². The zero-order valence-electron chi connectivity index (χ0n) is 18.5. The summed E-state index contributed by atoms with van der Waals surface area (Å²) < 4.78 is 32.9. The van der Waals surface area contributed by atoms with Crippen LogP contribution in [0.15, 0.2) is 56.6 Å². The third-order valence-electron chi connectivity index (χ3n) is 6.00. The van der Waals surface area contributed by atoms with Crippen LogP contribution in [0.3, 0.4) is 0 Å². The number of nitrogens with zero attached hydrogens (tertiary/aromatic N) is 2. The highest BCUT2D eigenvalue weighted by atomic mass is 35.5. The maximum Gasteiger partial charge on any atom is 0.336 e. The molecule has 6 nitrogen and oxygen atoms in total. The van der Waals surface area contributed by atoms with Crippen LogP contribution in [0, 0.1) is 6.92 Å². The molecule has 1 fully saturated rings. The second-order valence-electron chi connectivity index (χ2n) is 8.59. The topological polar surface area (TPSA) is 70.8 Å². The van der Waals surface area contributed by atoms with Gasteiger partial charge in [-0.2, -0.15) is 4.31 Å². The van der Waals surface area contributed by atoms with Crippen LogP contribution in [0.2, 0.25) is 5.02 Å². The van der Waals surface area contributed by atoms with Crippen LogP contribution < -0.4 is 5.63 Å². The lowest BCUT2D eigenvalue weighted by Gasteiger charge is -2.34. The summed E-state index contributed by atoms with van der Waals surface area (Å²) >= 11 is 5.98. The number of hydrogen-bond donors (Lipinski definition) is 0. The molecule has 2 aromatic carbocycles. The van der Waals surface area contributed by atoms with Gasteiger partial charge in [0.15, 0.2) is 0 Å². The SMILES string of the molecule is Cc1cc2oc(=O)cc(CN3CCN(S(=O)(=O)c4cccc(Cl)c4)CC3)c2cc1C(C)C. The van der Waals surface area contributed by atoms with Crippen molar-refractivity contribution in [2.75, 3.05) is 26.2 Å². The van der Waals surface area contributed by atoms with Crippen molar-refractivity contribution in [3.63, 3.8) is 0 Å². The van der Waals surface area contributed by atoms with Gasteiger partial charge in [0, 0.05) is 49.2 Å². The molecule has 4 rings (SSSR count). The summed E-state index contributed by atoms with van der Waals surface area (Å²) in [5.74, 6) is 0.361. The molecule has 0 radical (unpaired) electrons. The molecule has 1 aliphatic heterocycles. The fourth-order valence-electron chi connectivity index (χ4n) is 4.29. The van der Waals surface area contributed by atoms with Crippen molar-refractivity contribution in [1.29, 1.82) is 0 Å². The Hall–Kier alpha value is -2.19. The summed E-state index contributed by atoms with van der Waals surface area (Å²) in [7, 11) is -3.58. The predicted octanol–water partition coefficient (Wildman–Crippen LogP) is 4.38. The minimum absolute atomic E-state index is 0.210. The van der Waals surface area contributed by atoms with Crippen LogP contribution in [0.4, 0.5) is 0 Å². The van der Waals surface area contributed by atoms with E-state index in [0.717, 1.165) is 16.5 Å². The molecule has 0 N–H and O–H groups in total. The van der Waals surface area contributed by atoms with E-state index in [2.05, 4.69) is 24.8 Å². The van der Waals surface area contributed by atoms with Gasteiger partial charge in [-0.05, 0) is 59.9 Å². The van der Waals surface area contributed by atoms with E-state index in [9.17, 15) is 13.2 Å². The summed E-state index contributed by atoms with van der Waals surface area (Å²) in [4.78, 5) is 14.5. The van der Waals surface area contributed by atoms with Crippen LogP contribution >= 0.6 is 11.6 Å².